The van der Waals surface area contributed by atoms with Crippen molar-refractivity contribution in [2.24, 2.45) is 17.8 Å². The molecule has 59 heavy (non-hydrogen) atoms. The highest BCUT2D eigenvalue weighted by Gasteiger charge is 2.44. The zero-order chi connectivity index (χ0) is 43.5. The van der Waals surface area contributed by atoms with E-state index in [0.717, 1.165) is 11.1 Å². The molecule has 15 nitrogen and oxygen atoms in total. The first-order valence-electron chi connectivity index (χ1n) is 20.9. The number of hydrogen-bond donors (Lipinski definition) is 7. The number of ether oxygens (including phenoxy) is 1. The Morgan fingerprint density at radius 2 is 1.59 bits per heavy atom. The lowest BCUT2D eigenvalue weighted by Gasteiger charge is -2.39. The van der Waals surface area contributed by atoms with E-state index in [-0.39, 0.29) is 87.6 Å². The maximum atomic E-state index is 14.4. The van der Waals surface area contributed by atoms with Gasteiger partial charge in [-0.2, -0.15) is 23.5 Å². The third kappa shape index (κ3) is 17.0. The summed E-state index contributed by atoms with van der Waals surface area (Å²) < 4.78 is 5.62. The number of thioether (sulfide) groups is 2. The molecule has 1 saturated heterocycles. The summed E-state index contributed by atoms with van der Waals surface area (Å²) in [6.07, 6.45) is 1.25. The van der Waals surface area contributed by atoms with Crippen LogP contribution in [-0.2, 0) is 49.8 Å². The number of rotatable bonds is 13. The van der Waals surface area contributed by atoms with Gasteiger partial charge in [0, 0.05) is 68.5 Å². The number of carbonyl (C=O) groups excluding carboxylic acids is 6. The van der Waals surface area contributed by atoms with E-state index in [1.54, 1.807) is 11.8 Å². The minimum absolute atomic E-state index is 0.00814. The van der Waals surface area contributed by atoms with Gasteiger partial charge in [0.05, 0.1) is 0 Å². The summed E-state index contributed by atoms with van der Waals surface area (Å²) in [5.41, 5.74) is 0.627. The van der Waals surface area contributed by atoms with E-state index in [1.807, 2.05) is 59.7 Å². The van der Waals surface area contributed by atoms with Crippen molar-refractivity contribution < 1.29 is 43.4 Å². The van der Waals surface area contributed by atoms with E-state index < -0.39 is 65.2 Å². The maximum absolute atomic E-state index is 14.4. The number of carbonyl (C=O) groups is 7. The summed E-state index contributed by atoms with van der Waals surface area (Å²) >= 11 is 3.10. The smallest absolute Gasteiger partial charge is 0.303 e. The molecule has 5 atom stereocenters. The number of benzene rings is 1. The largest absolute Gasteiger partial charge is 0.481 e. The minimum Gasteiger partial charge on any atom is -0.481 e. The van der Waals surface area contributed by atoms with Gasteiger partial charge in [0.25, 0.3) is 0 Å². The van der Waals surface area contributed by atoms with Crippen LogP contribution in [0, 0.1) is 17.8 Å². The molecule has 2 bridgehead atoms. The van der Waals surface area contributed by atoms with Crippen LogP contribution in [0.2, 0.25) is 0 Å². The van der Waals surface area contributed by atoms with E-state index in [1.165, 1.54) is 11.8 Å². The fraction of sp³-hybridized carbons (Fsp3) is 0.690. The van der Waals surface area contributed by atoms with E-state index >= 15 is 0 Å². The first kappa shape index (κ1) is 49.5. The number of fused-ring (bicyclic) bond motifs is 2. The lowest BCUT2D eigenvalue weighted by molar-refractivity contribution is -0.141. The van der Waals surface area contributed by atoms with Gasteiger partial charge in [-0.05, 0) is 48.1 Å². The molecule has 0 aliphatic carbocycles. The van der Waals surface area contributed by atoms with Crippen molar-refractivity contribution in [2.45, 2.75) is 134 Å². The summed E-state index contributed by atoms with van der Waals surface area (Å²) in [4.78, 5) is 94.1. The molecule has 1 fully saturated rings. The molecule has 1 spiro atoms. The number of hydrogen-bond acceptors (Lipinski definition) is 10. The molecule has 1 aromatic rings. The second kappa shape index (κ2) is 25.1. The molecule has 0 radical (unpaired) electrons. The van der Waals surface area contributed by atoms with Gasteiger partial charge in [-0.3, -0.25) is 33.6 Å². The first-order chi connectivity index (χ1) is 28.0. The Morgan fingerprint density at radius 1 is 0.915 bits per heavy atom. The Kier molecular flexibility index (Phi) is 21.0. The monoisotopic (exact) mass is 862 g/mol. The van der Waals surface area contributed by atoms with Crippen LogP contribution < -0.4 is 31.9 Å². The van der Waals surface area contributed by atoms with E-state index in [0.29, 0.717) is 30.2 Å². The molecule has 3 rings (SSSR count). The molecule has 6 amide bonds. The van der Waals surface area contributed by atoms with Crippen LogP contribution in [0.5, 0.6) is 0 Å². The van der Waals surface area contributed by atoms with Crippen molar-refractivity contribution in [3.63, 3.8) is 0 Å². The Bertz CT molecular complexity index is 1590. The van der Waals surface area contributed by atoms with Crippen molar-refractivity contribution in [2.75, 3.05) is 31.3 Å². The molecule has 0 unspecified atom stereocenters. The van der Waals surface area contributed by atoms with Crippen molar-refractivity contribution in [1.29, 1.82) is 0 Å². The minimum atomic E-state index is -1.48. The van der Waals surface area contributed by atoms with Crippen molar-refractivity contribution in [3.05, 3.63) is 35.4 Å². The fourth-order valence-corrected chi connectivity index (χ4v) is 8.69. The average molecular weight is 863 g/mol. The molecular weight excluding hydrogens is 797 g/mol. The Morgan fingerprint density at radius 3 is 2.22 bits per heavy atom. The summed E-state index contributed by atoms with van der Waals surface area (Å²) in [7, 11) is 0. The topological polar surface area (TPSA) is 221 Å². The van der Waals surface area contributed by atoms with Gasteiger partial charge in [-0.15, -0.1) is 0 Å². The van der Waals surface area contributed by atoms with Gasteiger partial charge in [0.1, 0.15) is 29.7 Å². The molecule has 330 valence electrons. The van der Waals surface area contributed by atoms with Crippen LogP contribution in [0.3, 0.4) is 0 Å². The number of carboxylic acids is 1. The van der Waals surface area contributed by atoms with E-state index in [9.17, 15) is 33.6 Å². The molecule has 2 aliphatic rings. The van der Waals surface area contributed by atoms with E-state index in [4.69, 9.17) is 9.84 Å². The van der Waals surface area contributed by atoms with Gasteiger partial charge in [0.2, 0.25) is 35.4 Å². The number of aliphatic carboxylic acids is 1. The van der Waals surface area contributed by atoms with Crippen molar-refractivity contribution in [1.82, 2.24) is 31.9 Å². The van der Waals surface area contributed by atoms with Crippen molar-refractivity contribution in [3.8, 4) is 0 Å². The van der Waals surface area contributed by atoms with Gasteiger partial charge in [-0.1, -0.05) is 72.2 Å². The lowest BCUT2D eigenvalue weighted by Crippen LogP contribution is -2.67. The summed E-state index contributed by atoms with van der Waals surface area (Å²) in [6.45, 7) is 12.2. The number of amides is 6. The normalized spacial score (nSPS) is 22.4. The maximum Gasteiger partial charge on any atom is 0.303 e. The summed E-state index contributed by atoms with van der Waals surface area (Å²) in [5, 5.41) is 26.4. The molecular formula is C42H66N6O9S2. The highest BCUT2D eigenvalue weighted by molar-refractivity contribution is 7.98. The highest BCUT2D eigenvalue weighted by Crippen LogP contribution is 2.24. The molecule has 2 aliphatic heterocycles. The summed E-state index contributed by atoms with van der Waals surface area (Å²) in [5.74, 6) is -2.22. The second-order valence-electron chi connectivity index (χ2n) is 16.4. The highest BCUT2D eigenvalue weighted by atomic mass is 32.2. The van der Waals surface area contributed by atoms with Gasteiger partial charge >= 0.3 is 5.97 Å². The Labute approximate surface area is 357 Å². The van der Waals surface area contributed by atoms with E-state index in [2.05, 4.69) is 38.0 Å². The number of nitrogens with one attached hydrogen (secondary N) is 6. The molecule has 2 heterocycles. The van der Waals surface area contributed by atoms with Crippen molar-refractivity contribution >= 4 is 64.9 Å². The summed E-state index contributed by atoms with van der Waals surface area (Å²) in [6, 6.07) is 4.11. The SMILES string of the molecule is CC[C@H](C)[C@@H]1NC(=O)[C@H](CC(C)C)NC(=O)C2(CCOCC2)NC(=O)[C@@H](NC(=O)[C@@H](CC(C)C)NC(=O)CCCC(=O)O)CSCc2cccc(c2)CSCCNC1=O. The quantitative estimate of drug-likeness (QED) is 0.153. The van der Waals surface area contributed by atoms with Crippen LogP contribution in [0.15, 0.2) is 24.3 Å². The Balaban J connectivity index is 1.99. The second-order valence-corrected chi connectivity index (χ2v) is 18.6. The fourth-order valence-electron chi connectivity index (χ4n) is 6.88. The zero-order valence-corrected chi connectivity index (χ0v) is 37.1. The number of carboxylic acid groups (broad SMARTS) is 1. The predicted octanol–water partition coefficient (Wildman–Crippen LogP) is 3.28. The molecule has 7 N–H and O–H groups in total. The van der Waals surface area contributed by atoms with Gasteiger partial charge in [0.15, 0.2) is 0 Å². The van der Waals surface area contributed by atoms with Crippen LogP contribution in [0.4, 0.5) is 0 Å². The molecule has 17 heteroatoms. The lowest BCUT2D eigenvalue weighted by atomic mass is 9.87. The van der Waals surface area contributed by atoms with Crippen LogP contribution in [-0.4, -0.2) is 107 Å². The van der Waals surface area contributed by atoms with Gasteiger partial charge < -0.3 is 41.7 Å². The third-order valence-electron chi connectivity index (χ3n) is 10.4. The standard InChI is InChI=1S/C42H66N6O9S2/c1-7-28(6)36-40(55)43-16-19-58-23-29-10-8-11-30(22-29)24-59-25-33(45-37(52)31(20-26(2)3)44-34(49)12-9-13-35(50)51)39(54)48-42(14-17-57-18-15-42)41(56)46-32(21-27(4)5)38(53)47-36/h8,10-11,22,26-28,31-33,36H,7,9,12-21,23-25H2,1-6H3,(H,43,55)(H,44,49)(H,45,52)(H,46,56)(H,47,53)(H,48,54)(H,50,51)/t28-,31+,32-,33-,36-/m0/s1. The van der Waals surface area contributed by atoms with Crippen LogP contribution in [0.25, 0.3) is 0 Å². The average Bonchev–Trinajstić information content (AvgIpc) is 3.18. The molecule has 0 saturated carbocycles. The van der Waals surface area contributed by atoms with Crippen LogP contribution >= 0.6 is 23.5 Å². The van der Waals surface area contributed by atoms with Gasteiger partial charge in [-0.25, -0.2) is 0 Å². The third-order valence-corrected chi connectivity index (χ3v) is 12.5. The first-order valence-corrected chi connectivity index (χ1v) is 23.2. The zero-order valence-electron chi connectivity index (χ0n) is 35.5. The Hall–Kier alpha value is -3.83. The molecule has 0 aromatic heterocycles. The van der Waals surface area contributed by atoms with Crippen LogP contribution in [0.1, 0.15) is 104 Å². The molecule has 1 aromatic carbocycles. The predicted molar refractivity (Wildman–Crippen MR) is 230 cm³/mol.